The average Bonchev–Trinajstić information content (AvgIpc) is 3.68. The summed E-state index contributed by atoms with van der Waals surface area (Å²) in [4.78, 5) is 26.0. The second-order valence-corrected chi connectivity index (χ2v) is 13.3. The second kappa shape index (κ2) is 8.57. The van der Waals surface area contributed by atoms with Crippen LogP contribution in [0.5, 0.6) is 5.75 Å². The van der Waals surface area contributed by atoms with Crippen molar-refractivity contribution < 1.29 is 14.3 Å². The van der Waals surface area contributed by atoms with E-state index in [4.69, 9.17) is 19.4 Å². The van der Waals surface area contributed by atoms with Gasteiger partial charge in [0.15, 0.2) is 5.82 Å². The molecule has 0 radical (unpaired) electrons. The lowest BCUT2D eigenvalue weighted by Crippen LogP contribution is -2.53. The van der Waals surface area contributed by atoms with Crippen molar-refractivity contribution >= 4 is 28.0 Å². The second-order valence-electron chi connectivity index (χ2n) is 13.3. The molecule has 3 saturated carbocycles. The molecule has 1 aromatic carbocycles. The van der Waals surface area contributed by atoms with Crippen LogP contribution < -0.4 is 4.74 Å². The highest BCUT2D eigenvalue weighted by Gasteiger charge is 2.61. The van der Waals surface area contributed by atoms with Crippen LogP contribution in [0.25, 0.3) is 33.6 Å². The molecule has 3 aromatic heterocycles. The largest absolute Gasteiger partial charge is 0.494 e. The number of aryl methyl sites for hydroxylation is 1. The van der Waals surface area contributed by atoms with Crippen LogP contribution in [-0.4, -0.2) is 61.8 Å². The standard InChI is InChI=1S/C33H37N5O3/c1-3-36-26(12-20-6-4-8-34-30(20)36)31-35-24-11-22(32(39)37-18-23-10-21-13-25(37)28(21)23)14-27(40-2)29(24)38(31)17-19-15-33(16-19)7-5-9-41-33/h4,6,8,11-12,14,19,21,23,25,28H,3,5,7,9-10,13,15-18H2,1-2H3/t19?,21?,23-,25-,28-,33?/m1/s1. The van der Waals surface area contributed by atoms with E-state index in [1.165, 1.54) is 25.7 Å². The van der Waals surface area contributed by atoms with Crippen molar-refractivity contribution in [3.8, 4) is 17.3 Å². The number of hydrogen-bond acceptors (Lipinski definition) is 5. The molecule has 5 fully saturated rings. The Balaban J connectivity index is 1.16. The highest BCUT2D eigenvalue weighted by atomic mass is 16.5. The number of likely N-dealkylation sites (tertiary alicyclic amines) is 1. The van der Waals surface area contributed by atoms with Gasteiger partial charge in [-0.1, -0.05) is 0 Å². The number of aromatic nitrogens is 4. The summed E-state index contributed by atoms with van der Waals surface area (Å²) in [6, 6.07) is 10.7. The minimum absolute atomic E-state index is 0.0861. The number of pyridine rings is 1. The van der Waals surface area contributed by atoms with Gasteiger partial charge in [0.1, 0.15) is 16.9 Å². The Kier molecular flexibility index (Phi) is 5.06. The molecule has 2 saturated heterocycles. The first kappa shape index (κ1) is 24.2. The lowest BCUT2D eigenvalue weighted by Gasteiger charge is -2.52. The number of benzene rings is 1. The normalized spacial score (nSPS) is 31.4. The number of hydrogen-bond donors (Lipinski definition) is 0. The van der Waals surface area contributed by atoms with Gasteiger partial charge < -0.3 is 23.5 Å². The van der Waals surface area contributed by atoms with E-state index in [-0.39, 0.29) is 11.5 Å². The number of methoxy groups -OCH3 is 1. The van der Waals surface area contributed by atoms with Crippen LogP contribution in [0.3, 0.4) is 0 Å². The van der Waals surface area contributed by atoms with E-state index in [1.807, 2.05) is 24.4 Å². The van der Waals surface area contributed by atoms with Crippen LogP contribution in [0.4, 0.5) is 0 Å². The number of carbonyl (C=O) groups excluding carboxylic acids is 1. The molecule has 5 heterocycles. The molecular formula is C33H37N5O3. The minimum Gasteiger partial charge on any atom is -0.494 e. The first-order valence-corrected chi connectivity index (χ1v) is 15.5. The van der Waals surface area contributed by atoms with E-state index in [0.717, 1.165) is 90.3 Å². The van der Waals surface area contributed by atoms with E-state index in [9.17, 15) is 4.79 Å². The summed E-state index contributed by atoms with van der Waals surface area (Å²) in [5.41, 5.74) is 4.59. The smallest absolute Gasteiger partial charge is 0.254 e. The number of imidazole rings is 1. The molecule has 212 valence electrons. The number of ether oxygens (including phenoxy) is 2. The Hall–Kier alpha value is -3.39. The summed E-state index contributed by atoms with van der Waals surface area (Å²) in [7, 11) is 1.71. The maximum atomic E-state index is 13.9. The Morgan fingerprint density at radius 1 is 1.17 bits per heavy atom. The molecular weight excluding hydrogens is 514 g/mol. The first-order chi connectivity index (χ1) is 20.1. The van der Waals surface area contributed by atoms with E-state index in [0.29, 0.717) is 23.4 Å². The number of rotatable bonds is 6. The summed E-state index contributed by atoms with van der Waals surface area (Å²) in [6.45, 7) is 5.58. The summed E-state index contributed by atoms with van der Waals surface area (Å²) in [5.74, 6) is 4.59. The van der Waals surface area contributed by atoms with Gasteiger partial charge in [0.2, 0.25) is 0 Å². The van der Waals surface area contributed by atoms with E-state index in [1.54, 1.807) is 7.11 Å². The number of nitrogens with zero attached hydrogens (tertiary/aromatic N) is 5. The molecule has 1 amide bonds. The molecule has 5 aliphatic rings. The van der Waals surface area contributed by atoms with Crippen LogP contribution in [0, 0.1) is 23.7 Å². The summed E-state index contributed by atoms with van der Waals surface area (Å²) in [5, 5.41) is 1.11. The zero-order valence-electron chi connectivity index (χ0n) is 23.9. The Labute approximate surface area is 239 Å². The van der Waals surface area contributed by atoms with Gasteiger partial charge in [-0.3, -0.25) is 4.79 Å². The van der Waals surface area contributed by atoms with Crippen molar-refractivity contribution in [1.29, 1.82) is 0 Å². The number of fused-ring (bicyclic) bond motifs is 2. The van der Waals surface area contributed by atoms with Crippen molar-refractivity contribution in [1.82, 2.24) is 24.0 Å². The monoisotopic (exact) mass is 551 g/mol. The topological polar surface area (TPSA) is 74.4 Å². The SMILES string of the molecule is CCn1c(-c2nc3cc(C(=O)N4C[C@H]5CC6C[C@@H]4[C@H]65)cc(OC)c3n2CC2CC3(CCCO3)C2)cc2cccnc21. The highest BCUT2D eigenvalue weighted by Crippen LogP contribution is 2.61. The van der Waals surface area contributed by atoms with Crippen LogP contribution in [0.2, 0.25) is 0 Å². The van der Waals surface area contributed by atoms with Gasteiger partial charge in [0.05, 0.1) is 23.9 Å². The van der Waals surface area contributed by atoms with Gasteiger partial charge in [-0.15, -0.1) is 0 Å². The van der Waals surface area contributed by atoms with Crippen molar-refractivity contribution in [3.63, 3.8) is 0 Å². The molecule has 8 nitrogen and oxygen atoms in total. The Morgan fingerprint density at radius 3 is 2.83 bits per heavy atom. The van der Waals surface area contributed by atoms with Crippen molar-refractivity contribution in [3.05, 3.63) is 42.1 Å². The quantitative estimate of drug-likeness (QED) is 0.315. The zero-order chi connectivity index (χ0) is 27.5. The Morgan fingerprint density at radius 2 is 2.07 bits per heavy atom. The van der Waals surface area contributed by atoms with Gasteiger partial charge in [-0.25, -0.2) is 9.97 Å². The van der Waals surface area contributed by atoms with Gasteiger partial charge in [-0.2, -0.15) is 0 Å². The molecule has 0 bridgehead atoms. The van der Waals surface area contributed by atoms with E-state index in [2.05, 4.69) is 33.1 Å². The molecule has 0 N–H and O–H groups in total. The molecule has 1 spiro atoms. The predicted molar refractivity (Wildman–Crippen MR) is 156 cm³/mol. The summed E-state index contributed by atoms with van der Waals surface area (Å²) in [6.07, 6.45) is 8.84. The summed E-state index contributed by atoms with van der Waals surface area (Å²) >= 11 is 0. The van der Waals surface area contributed by atoms with Crippen molar-refractivity contribution in [2.24, 2.45) is 23.7 Å². The summed E-state index contributed by atoms with van der Waals surface area (Å²) < 4.78 is 16.8. The lowest BCUT2D eigenvalue weighted by molar-refractivity contribution is -0.0939. The van der Waals surface area contributed by atoms with Crippen molar-refractivity contribution in [2.45, 2.75) is 70.2 Å². The third kappa shape index (κ3) is 3.34. The molecule has 41 heavy (non-hydrogen) atoms. The van der Waals surface area contributed by atoms with Crippen LogP contribution in [0.1, 0.15) is 55.8 Å². The van der Waals surface area contributed by atoms with Gasteiger partial charge in [0, 0.05) is 49.4 Å². The number of carbonyl (C=O) groups is 1. The number of amides is 1. The van der Waals surface area contributed by atoms with E-state index < -0.39 is 0 Å². The first-order valence-electron chi connectivity index (χ1n) is 15.5. The molecule has 4 atom stereocenters. The fourth-order valence-electron chi connectivity index (χ4n) is 9.30. The molecule has 2 aliphatic heterocycles. The predicted octanol–water partition coefficient (Wildman–Crippen LogP) is 5.52. The van der Waals surface area contributed by atoms with Crippen LogP contribution in [-0.2, 0) is 17.8 Å². The molecule has 1 unspecified atom stereocenters. The molecule has 9 rings (SSSR count). The maximum Gasteiger partial charge on any atom is 0.254 e. The van der Waals surface area contributed by atoms with E-state index >= 15 is 0 Å². The zero-order valence-corrected chi connectivity index (χ0v) is 23.9. The third-order valence-electron chi connectivity index (χ3n) is 11.2. The average molecular weight is 552 g/mol. The fraction of sp³-hybridized carbons (Fsp3) is 0.545. The van der Waals surface area contributed by atoms with Gasteiger partial charge in [0.25, 0.3) is 5.91 Å². The van der Waals surface area contributed by atoms with Crippen LogP contribution >= 0.6 is 0 Å². The Bertz CT molecular complexity index is 1710. The van der Waals surface area contributed by atoms with Crippen LogP contribution in [0.15, 0.2) is 36.5 Å². The fourth-order valence-corrected chi connectivity index (χ4v) is 9.30. The molecule has 3 aliphatic carbocycles. The van der Waals surface area contributed by atoms with Gasteiger partial charge in [-0.05, 0) is 99.5 Å². The lowest BCUT2D eigenvalue weighted by atomic mass is 9.53. The highest BCUT2D eigenvalue weighted by molar-refractivity contribution is 6.00. The van der Waals surface area contributed by atoms with Gasteiger partial charge >= 0.3 is 0 Å². The van der Waals surface area contributed by atoms with Crippen molar-refractivity contribution in [2.75, 3.05) is 20.3 Å². The molecule has 4 aromatic rings. The molecule has 8 heteroatoms. The maximum absolute atomic E-state index is 13.9. The minimum atomic E-state index is 0.0861. The third-order valence-corrected chi connectivity index (χ3v) is 11.2.